The van der Waals surface area contributed by atoms with Crippen LogP contribution < -0.4 is 5.32 Å². The molecule has 1 aromatic heterocycles. The van der Waals surface area contributed by atoms with E-state index in [0.29, 0.717) is 23.9 Å². The first-order valence-electron chi connectivity index (χ1n) is 8.16. The van der Waals surface area contributed by atoms with E-state index in [1.54, 1.807) is 18.2 Å². The summed E-state index contributed by atoms with van der Waals surface area (Å²) in [5.41, 5.74) is 0.638. The first kappa shape index (κ1) is 17.4. The number of carbonyl (C=O) groups excluding carboxylic acids is 2. The van der Waals surface area contributed by atoms with Gasteiger partial charge in [-0.1, -0.05) is 13.0 Å². The van der Waals surface area contributed by atoms with E-state index in [9.17, 15) is 9.59 Å². The molecule has 23 heavy (non-hydrogen) atoms. The third-order valence-electron chi connectivity index (χ3n) is 3.99. The topological polar surface area (TPSA) is 65.5 Å². The van der Waals surface area contributed by atoms with Gasteiger partial charge >= 0.3 is 0 Å². The van der Waals surface area contributed by atoms with Crippen molar-refractivity contribution in [2.75, 3.05) is 40.3 Å². The summed E-state index contributed by atoms with van der Waals surface area (Å²) in [5.74, 6) is 0.193. The van der Waals surface area contributed by atoms with E-state index in [-0.39, 0.29) is 11.8 Å². The smallest absolute Gasteiger partial charge is 0.272 e. The molecule has 1 aliphatic rings. The summed E-state index contributed by atoms with van der Waals surface area (Å²) in [7, 11) is 3.90. The van der Waals surface area contributed by atoms with Crippen LogP contribution in [0.15, 0.2) is 18.2 Å². The third-order valence-corrected chi connectivity index (χ3v) is 3.99. The highest BCUT2D eigenvalue weighted by Crippen LogP contribution is 2.17. The van der Waals surface area contributed by atoms with Crippen LogP contribution in [0.2, 0.25) is 0 Å². The number of piperidine rings is 1. The number of rotatable bonds is 5. The fraction of sp³-hybridized carbons (Fsp3) is 0.588. The van der Waals surface area contributed by atoms with Crippen molar-refractivity contribution in [1.82, 2.24) is 20.1 Å². The summed E-state index contributed by atoms with van der Waals surface area (Å²) >= 11 is 0. The van der Waals surface area contributed by atoms with Gasteiger partial charge in [-0.15, -0.1) is 0 Å². The molecule has 2 rings (SSSR count). The number of nitrogens with zero attached hydrogens (tertiary/aromatic N) is 3. The zero-order chi connectivity index (χ0) is 16.8. The maximum atomic E-state index is 12.5. The average molecular weight is 318 g/mol. The van der Waals surface area contributed by atoms with Crippen molar-refractivity contribution in [2.24, 2.45) is 5.92 Å². The maximum Gasteiger partial charge on any atom is 0.272 e. The monoisotopic (exact) mass is 318 g/mol. The lowest BCUT2D eigenvalue weighted by atomic mass is 10.00. The third kappa shape index (κ3) is 5.03. The van der Waals surface area contributed by atoms with E-state index in [2.05, 4.69) is 17.2 Å². The van der Waals surface area contributed by atoms with Crippen molar-refractivity contribution in [3.63, 3.8) is 0 Å². The predicted molar refractivity (Wildman–Crippen MR) is 89.4 cm³/mol. The van der Waals surface area contributed by atoms with Gasteiger partial charge in [0, 0.05) is 26.2 Å². The molecule has 0 aromatic carbocycles. The van der Waals surface area contributed by atoms with Gasteiger partial charge in [0.15, 0.2) is 0 Å². The van der Waals surface area contributed by atoms with E-state index in [1.165, 1.54) is 0 Å². The fourth-order valence-electron chi connectivity index (χ4n) is 2.70. The van der Waals surface area contributed by atoms with Crippen LogP contribution in [-0.4, -0.2) is 66.9 Å². The molecule has 126 valence electrons. The van der Waals surface area contributed by atoms with Crippen molar-refractivity contribution in [3.05, 3.63) is 29.6 Å². The number of hydrogen-bond acceptors (Lipinski definition) is 4. The summed E-state index contributed by atoms with van der Waals surface area (Å²) in [6, 6.07) is 5.03. The number of nitrogens with one attached hydrogen (secondary N) is 1. The normalized spacial score (nSPS) is 18.1. The van der Waals surface area contributed by atoms with Crippen LogP contribution >= 0.6 is 0 Å². The Morgan fingerprint density at radius 1 is 1.35 bits per heavy atom. The first-order valence-corrected chi connectivity index (χ1v) is 8.16. The van der Waals surface area contributed by atoms with Gasteiger partial charge in [-0.3, -0.25) is 9.59 Å². The van der Waals surface area contributed by atoms with Crippen LogP contribution in [0, 0.1) is 5.92 Å². The van der Waals surface area contributed by atoms with Crippen molar-refractivity contribution < 1.29 is 9.59 Å². The van der Waals surface area contributed by atoms with Crippen LogP contribution in [0.3, 0.4) is 0 Å². The summed E-state index contributed by atoms with van der Waals surface area (Å²) < 4.78 is 0. The van der Waals surface area contributed by atoms with Crippen LogP contribution in [0.25, 0.3) is 0 Å². The SMILES string of the molecule is CC1CCCN(C(=O)c2cccc(C(=O)NCCN(C)C)n2)C1. The maximum absolute atomic E-state index is 12.5. The highest BCUT2D eigenvalue weighted by atomic mass is 16.2. The van der Waals surface area contributed by atoms with Crippen molar-refractivity contribution in [3.8, 4) is 0 Å². The molecule has 1 aliphatic heterocycles. The highest BCUT2D eigenvalue weighted by Gasteiger charge is 2.23. The summed E-state index contributed by atoms with van der Waals surface area (Å²) in [5, 5.41) is 2.82. The van der Waals surface area contributed by atoms with Crippen molar-refractivity contribution in [1.29, 1.82) is 0 Å². The van der Waals surface area contributed by atoms with Gasteiger partial charge in [-0.2, -0.15) is 0 Å². The Hall–Kier alpha value is -1.95. The molecule has 2 heterocycles. The zero-order valence-electron chi connectivity index (χ0n) is 14.2. The predicted octanol–water partition coefficient (Wildman–Crippen LogP) is 1.25. The minimum Gasteiger partial charge on any atom is -0.349 e. The Labute approximate surface area is 137 Å². The number of carbonyl (C=O) groups is 2. The van der Waals surface area contributed by atoms with Crippen molar-refractivity contribution in [2.45, 2.75) is 19.8 Å². The fourth-order valence-corrected chi connectivity index (χ4v) is 2.70. The first-order chi connectivity index (χ1) is 11.0. The molecule has 1 unspecified atom stereocenters. The Morgan fingerprint density at radius 3 is 2.78 bits per heavy atom. The molecule has 1 fully saturated rings. The van der Waals surface area contributed by atoms with Gasteiger partial charge in [0.25, 0.3) is 11.8 Å². The zero-order valence-corrected chi connectivity index (χ0v) is 14.2. The lowest BCUT2D eigenvalue weighted by Crippen LogP contribution is -2.39. The molecular weight excluding hydrogens is 292 g/mol. The number of hydrogen-bond donors (Lipinski definition) is 1. The van der Waals surface area contributed by atoms with Gasteiger partial charge in [0.05, 0.1) is 0 Å². The highest BCUT2D eigenvalue weighted by molar-refractivity contribution is 5.96. The number of aromatic nitrogens is 1. The van der Waals surface area contributed by atoms with Gasteiger partial charge in [0.1, 0.15) is 11.4 Å². The Bertz CT molecular complexity index is 559. The van der Waals surface area contributed by atoms with E-state index in [0.717, 1.165) is 32.5 Å². The lowest BCUT2D eigenvalue weighted by molar-refractivity contribution is 0.0677. The van der Waals surface area contributed by atoms with Crippen molar-refractivity contribution >= 4 is 11.8 Å². The van der Waals surface area contributed by atoms with Crippen LogP contribution in [0.1, 0.15) is 40.7 Å². The Kier molecular flexibility index (Phi) is 6.10. The molecule has 0 aliphatic carbocycles. The second-order valence-electron chi connectivity index (χ2n) is 6.47. The van der Waals surface area contributed by atoms with Crippen LogP contribution in [0.4, 0.5) is 0 Å². The minimum atomic E-state index is -0.242. The van der Waals surface area contributed by atoms with Crippen LogP contribution in [0.5, 0.6) is 0 Å². The van der Waals surface area contributed by atoms with Gasteiger partial charge in [-0.05, 0) is 45.0 Å². The molecule has 1 aromatic rings. The molecule has 0 radical (unpaired) electrons. The van der Waals surface area contributed by atoms with E-state index in [1.807, 2.05) is 23.9 Å². The molecule has 6 heteroatoms. The largest absolute Gasteiger partial charge is 0.349 e. The average Bonchev–Trinajstić information content (AvgIpc) is 2.54. The van der Waals surface area contributed by atoms with Gasteiger partial charge < -0.3 is 15.1 Å². The number of pyridine rings is 1. The molecule has 1 N–H and O–H groups in total. The Balaban J connectivity index is 2.01. The molecule has 0 bridgehead atoms. The quantitative estimate of drug-likeness (QED) is 0.887. The van der Waals surface area contributed by atoms with E-state index < -0.39 is 0 Å². The summed E-state index contributed by atoms with van der Waals surface area (Å²) in [6.07, 6.45) is 2.18. The molecule has 6 nitrogen and oxygen atoms in total. The van der Waals surface area contributed by atoms with Crippen LogP contribution in [-0.2, 0) is 0 Å². The second kappa shape index (κ2) is 8.06. The van der Waals surface area contributed by atoms with Gasteiger partial charge in [0.2, 0.25) is 0 Å². The Morgan fingerprint density at radius 2 is 2.09 bits per heavy atom. The molecule has 0 spiro atoms. The summed E-state index contributed by atoms with van der Waals surface area (Å²) in [6.45, 7) is 5.00. The summed E-state index contributed by atoms with van der Waals surface area (Å²) in [4.78, 5) is 32.7. The molecule has 1 saturated heterocycles. The van der Waals surface area contributed by atoms with E-state index >= 15 is 0 Å². The molecular formula is C17H26N4O2. The van der Waals surface area contributed by atoms with Gasteiger partial charge in [-0.25, -0.2) is 4.98 Å². The number of amides is 2. The minimum absolute atomic E-state index is 0.0838. The molecule has 2 amide bonds. The number of likely N-dealkylation sites (N-methyl/N-ethyl adjacent to an activating group) is 1. The standard InChI is InChI=1S/C17H26N4O2/c1-13-6-5-10-21(12-13)17(23)15-8-4-7-14(19-15)16(22)18-9-11-20(2)3/h4,7-8,13H,5-6,9-12H2,1-3H3,(H,18,22). The molecule has 0 saturated carbocycles. The lowest BCUT2D eigenvalue weighted by Gasteiger charge is -2.30. The second-order valence-corrected chi connectivity index (χ2v) is 6.47. The number of likely N-dealkylation sites (tertiary alicyclic amines) is 1. The van der Waals surface area contributed by atoms with E-state index in [4.69, 9.17) is 0 Å². The molecule has 1 atom stereocenters.